The summed E-state index contributed by atoms with van der Waals surface area (Å²) in [4.78, 5) is 12.6. The zero-order valence-corrected chi connectivity index (χ0v) is 14.3. The van der Waals surface area contributed by atoms with Gasteiger partial charge in [0.25, 0.3) is 0 Å². The lowest BCUT2D eigenvalue weighted by Gasteiger charge is -2.09. The third-order valence-electron chi connectivity index (χ3n) is 2.80. The van der Waals surface area contributed by atoms with Crippen LogP contribution >= 0.6 is 34.4 Å². The highest BCUT2D eigenvalue weighted by molar-refractivity contribution is 14.1. The maximum atomic E-state index is 13.3. The third kappa shape index (κ3) is 4.60. The number of rotatable bonds is 4. The number of aryl methyl sites for hydroxylation is 1. The Kier molecular flexibility index (Phi) is 5.46. The highest BCUT2D eigenvalue weighted by Gasteiger charge is 2.07. The molecule has 0 spiro atoms. The number of nitrogens with one attached hydrogen (secondary N) is 1. The largest absolute Gasteiger partial charge is 0.396 e. The quantitative estimate of drug-likeness (QED) is 0.449. The molecule has 0 saturated heterocycles. The second-order valence-electron chi connectivity index (χ2n) is 4.48. The first-order valence-corrected chi connectivity index (χ1v) is 8.26. The summed E-state index contributed by atoms with van der Waals surface area (Å²) >= 11 is 3.49. The predicted molar refractivity (Wildman–Crippen MR) is 94.1 cm³/mol. The van der Waals surface area contributed by atoms with Crippen LogP contribution in [0.15, 0.2) is 41.3 Å². The fraction of sp³-hybridized carbons (Fsp3) is 0.133. The first-order valence-electron chi connectivity index (χ1n) is 6.19. The molecule has 1 amide bonds. The standard InChI is InChI=1S/C15H14FIN2OS/c1-9-6-10(17)2-5-14(9)19-15(20)8-21-11-3-4-13(18)12(16)7-11/h2-7H,8,18H2,1H3,(H,19,20). The number of anilines is 2. The summed E-state index contributed by atoms with van der Waals surface area (Å²) in [5.41, 5.74) is 7.33. The summed E-state index contributed by atoms with van der Waals surface area (Å²) in [5, 5.41) is 2.85. The molecule has 0 atom stereocenters. The van der Waals surface area contributed by atoms with Crippen LogP contribution in [0.5, 0.6) is 0 Å². The van der Waals surface area contributed by atoms with Gasteiger partial charge in [0.05, 0.1) is 11.4 Å². The van der Waals surface area contributed by atoms with Crippen molar-refractivity contribution < 1.29 is 9.18 Å². The molecule has 2 aromatic rings. The molecular weight excluding hydrogens is 402 g/mol. The van der Waals surface area contributed by atoms with Crippen LogP contribution in [0, 0.1) is 16.3 Å². The van der Waals surface area contributed by atoms with Gasteiger partial charge in [0, 0.05) is 14.2 Å². The number of carbonyl (C=O) groups excluding carboxylic acids is 1. The average Bonchev–Trinajstić information content (AvgIpc) is 2.43. The van der Waals surface area contributed by atoms with E-state index in [2.05, 4.69) is 27.9 Å². The molecule has 0 heterocycles. The van der Waals surface area contributed by atoms with Crippen LogP contribution in [0.1, 0.15) is 5.56 Å². The maximum Gasteiger partial charge on any atom is 0.234 e. The third-order valence-corrected chi connectivity index (χ3v) is 4.47. The lowest BCUT2D eigenvalue weighted by molar-refractivity contribution is -0.113. The van der Waals surface area contributed by atoms with Crippen LogP contribution in [0.25, 0.3) is 0 Å². The number of halogens is 2. The highest BCUT2D eigenvalue weighted by Crippen LogP contribution is 2.23. The first kappa shape index (κ1) is 16.1. The molecule has 21 heavy (non-hydrogen) atoms. The Morgan fingerprint density at radius 3 is 2.76 bits per heavy atom. The molecule has 0 aliphatic rings. The van der Waals surface area contributed by atoms with Crippen molar-refractivity contribution >= 4 is 51.6 Å². The van der Waals surface area contributed by atoms with Crippen LogP contribution in [0.4, 0.5) is 15.8 Å². The summed E-state index contributed by atoms with van der Waals surface area (Å²) < 4.78 is 14.4. The summed E-state index contributed by atoms with van der Waals surface area (Å²) in [6, 6.07) is 10.3. The average molecular weight is 416 g/mol. The fourth-order valence-electron chi connectivity index (χ4n) is 1.70. The van der Waals surface area contributed by atoms with Gasteiger partial charge in [0.15, 0.2) is 0 Å². The lowest BCUT2D eigenvalue weighted by Crippen LogP contribution is -2.14. The highest BCUT2D eigenvalue weighted by atomic mass is 127. The van der Waals surface area contributed by atoms with Gasteiger partial charge in [-0.1, -0.05) is 0 Å². The number of hydrogen-bond donors (Lipinski definition) is 2. The Bertz CT molecular complexity index is 679. The van der Waals surface area contributed by atoms with Crippen molar-refractivity contribution in [3.8, 4) is 0 Å². The topological polar surface area (TPSA) is 55.1 Å². The molecule has 3 nitrogen and oxygen atoms in total. The zero-order chi connectivity index (χ0) is 15.4. The van der Waals surface area contributed by atoms with Crippen LogP contribution in [-0.2, 0) is 4.79 Å². The second-order valence-corrected chi connectivity index (χ2v) is 6.77. The van der Waals surface area contributed by atoms with E-state index < -0.39 is 5.82 Å². The van der Waals surface area contributed by atoms with E-state index in [-0.39, 0.29) is 17.3 Å². The van der Waals surface area contributed by atoms with Crippen molar-refractivity contribution in [3.63, 3.8) is 0 Å². The minimum atomic E-state index is -0.464. The molecule has 0 aliphatic heterocycles. The molecule has 0 radical (unpaired) electrons. The molecule has 0 aliphatic carbocycles. The van der Waals surface area contributed by atoms with E-state index in [1.165, 1.54) is 23.9 Å². The van der Waals surface area contributed by atoms with Crippen molar-refractivity contribution in [2.75, 3.05) is 16.8 Å². The summed E-state index contributed by atoms with van der Waals surface area (Å²) in [6.45, 7) is 1.94. The summed E-state index contributed by atoms with van der Waals surface area (Å²) in [6.07, 6.45) is 0. The van der Waals surface area contributed by atoms with Crippen LogP contribution in [0.3, 0.4) is 0 Å². The van der Waals surface area contributed by atoms with E-state index in [4.69, 9.17) is 5.73 Å². The van der Waals surface area contributed by atoms with Crippen molar-refractivity contribution in [1.29, 1.82) is 0 Å². The van der Waals surface area contributed by atoms with Gasteiger partial charge >= 0.3 is 0 Å². The van der Waals surface area contributed by atoms with E-state index in [0.29, 0.717) is 4.90 Å². The van der Waals surface area contributed by atoms with Crippen molar-refractivity contribution in [2.45, 2.75) is 11.8 Å². The van der Waals surface area contributed by atoms with Gasteiger partial charge in [0.1, 0.15) is 5.82 Å². The van der Waals surface area contributed by atoms with Crippen molar-refractivity contribution in [1.82, 2.24) is 0 Å². The Morgan fingerprint density at radius 2 is 2.10 bits per heavy atom. The van der Waals surface area contributed by atoms with Gasteiger partial charge in [0.2, 0.25) is 5.91 Å². The van der Waals surface area contributed by atoms with Crippen LogP contribution < -0.4 is 11.1 Å². The molecule has 0 saturated carbocycles. The lowest BCUT2D eigenvalue weighted by atomic mass is 10.2. The van der Waals surface area contributed by atoms with Gasteiger partial charge < -0.3 is 11.1 Å². The van der Waals surface area contributed by atoms with Gasteiger partial charge in [-0.2, -0.15) is 0 Å². The maximum absolute atomic E-state index is 13.3. The SMILES string of the molecule is Cc1cc(I)ccc1NC(=O)CSc1ccc(N)c(F)c1. The Morgan fingerprint density at radius 1 is 1.33 bits per heavy atom. The van der Waals surface area contributed by atoms with Crippen LogP contribution in [-0.4, -0.2) is 11.7 Å². The van der Waals surface area contributed by atoms with E-state index in [1.807, 2.05) is 25.1 Å². The molecule has 2 rings (SSSR count). The van der Waals surface area contributed by atoms with Crippen LogP contribution in [0.2, 0.25) is 0 Å². The number of nitrogens with two attached hydrogens (primary N) is 1. The van der Waals surface area contributed by atoms with Gasteiger partial charge in [-0.25, -0.2) is 4.39 Å². The summed E-state index contributed by atoms with van der Waals surface area (Å²) in [7, 11) is 0. The van der Waals surface area contributed by atoms with Gasteiger partial charge in [-0.3, -0.25) is 4.79 Å². The zero-order valence-electron chi connectivity index (χ0n) is 11.3. The Balaban J connectivity index is 1.94. The molecule has 0 unspecified atom stereocenters. The molecular formula is C15H14FIN2OS. The number of thioether (sulfide) groups is 1. The monoisotopic (exact) mass is 416 g/mol. The van der Waals surface area contributed by atoms with E-state index in [0.717, 1.165) is 14.8 Å². The van der Waals surface area contributed by atoms with E-state index in [9.17, 15) is 9.18 Å². The molecule has 3 N–H and O–H groups in total. The number of nitrogen functional groups attached to an aromatic ring is 1. The predicted octanol–water partition coefficient (Wildman–Crippen LogP) is 4.05. The molecule has 6 heteroatoms. The van der Waals surface area contributed by atoms with Gasteiger partial charge in [-0.05, 0) is 71.5 Å². The minimum Gasteiger partial charge on any atom is -0.396 e. The Hall–Kier alpha value is -1.28. The molecule has 0 fully saturated rings. The number of hydrogen-bond acceptors (Lipinski definition) is 3. The molecule has 110 valence electrons. The van der Waals surface area contributed by atoms with Crippen molar-refractivity contribution in [3.05, 3.63) is 51.3 Å². The first-order chi connectivity index (χ1) is 9.95. The normalized spacial score (nSPS) is 10.4. The fourth-order valence-corrected chi connectivity index (χ4v) is 3.07. The second kappa shape index (κ2) is 7.13. The molecule has 2 aromatic carbocycles. The number of amides is 1. The number of benzene rings is 2. The molecule has 0 aromatic heterocycles. The number of carbonyl (C=O) groups is 1. The van der Waals surface area contributed by atoms with Gasteiger partial charge in [-0.15, -0.1) is 11.8 Å². The van der Waals surface area contributed by atoms with Crippen molar-refractivity contribution in [2.24, 2.45) is 0 Å². The smallest absolute Gasteiger partial charge is 0.234 e. The summed E-state index contributed by atoms with van der Waals surface area (Å²) in [5.74, 6) is -0.371. The minimum absolute atomic E-state index is 0.110. The molecule has 0 bridgehead atoms. The van der Waals surface area contributed by atoms with E-state index in [1.54, 1.807) is 6.07 Å². The Labute approximate surface area is 140 Å². The van der Waals surface area contributed by atoms with E-state index >= 15 is 0 Å².